The average Bonchev–Trinajstić information content (AvgIpc) is 3.26. The summed E-state index contributed by atoms with van der Waals surface area (Å²) in [4.78, 5) is 14.3. The topological polar surface area (TPSA) is 48.7 Å². The van der Waals surface area contributed by atoms with Gasteiger partial charge in [0.05, 0.1) is 0 Å². The van der Waals surface area contributed by atoms with Crippen LogP contribution in [0, 0.1) is 0 Å². The van der Waals surface area contributed by atoms with Crippen LogP contribution in [0.2, 0.25) is 0 Å². The van der Waals surface area contributed by atoms with Crippen LogP contribution in [0.25, 0.3) is 0 Å². The number of aromatic nitrogens is 2. The Bertz CT molecular complexity index is 942. The molecule has 4 rings (SSSR count). The van der Waals surface area contributed by atoms with Crippen molar-refractivity contribution in [1.82, 2.24) is 19.8 Å². The normalized spacial score (nSPS) is 14.7. The van der Waals surface area contributed by atoms with Gasteiger partial charge in [-0.25, -0.2) is 4.98 Å². The molecule has 0 atom stereocenters. The molecule has 1 saturated heterocycles. The smallest absolute Gasteiger partial charge is 0.194 e. The summed E-state index contributed by atoms with van der Waals surface area (Å²) in [5.41, 5.74) is 2.59. The van der Waals surface area contributed by atoms with Gasteiger partial charge < -0.3 is 19.7 Å². The van der Waals surface area contributed by atoms with Gasteiger partial charge in [-0.2, -0.15) is 0 Å². The number of anilines is 1. The molecule has 2 aromatic carbocycles. The first kappa shape index (κ1) is 21.0. The minimum atomic E-state index is 0.729. The van der Waals surface area contributed by atoms with Crippen molar-refractivity contribution >= 4 is 11.6 Å². The molecule has 6 nitrogen and oxygen atoms in total. The Labute approximate surface area is 185 Å². The van der Waals surface area contributed by atoms with Gasteiger partial charge in [0.1, 0.15) is 5.82 Å². The maximum Gasteiger partial charge on any atom is 0.194 e. The molecular formula is C25H32N6. The van der Waals surface area contributed by atoms with Gasteiger partial charge in [-0.1, -0.05) is 48.5 Å². The third-order valence-electron chi connectivity index (χ3n) is 5.63. The summed E-state index contributed by atoms with van der Waals surface area (Å²) in [6.07, 6.45) is 4.77. The van der Waals surface area contributed by atoms with E-state index in [2.05, 4.69) is 98.5 Å². The second kappa shape index (κ2) is 10.7. The first-order chi connectivity index (χ1) is 15.3. The minimum absolute atomic E-state index is 0.729. The second-order valence-electron chi connectivity index (χ2n) is 7.75. The number of piperazine rings is 1. The molecule has 0 amide bonds. The molecule has 6 heteroatoms. The Morgan fingerprint density at radius 3 is 2.39 bits per heavy atom. The molecule has 0 radical (unpaired) electrons. The van der Waals surface area contributed by atoms with Crippen LogP contribution in [0.15, 0.2) is 78.0 Å². The molecule has 0 spiro atoms. The summed E-state index contributed by atoms with van der Waals surface area (Å²) >= 11 is 0. The Morgan fingerprint density at radius 1 is 0.968 bits per heavy atom. The van der Waals surface area contributed by atoms with Gasteiger partial charge >= 0.3 is 0 Å². The molecule has 2 heterocycles. The van der Waals surface area contributed by atoms with E-state index in [1.54, 1.807) is 0 Å². The molecule has 3 aromatic rings. The molecule has 0 unspecified atom stereocenters. The maximum absolute atomic E-state index is 4.92. The fourth-order valence-electron chi connectivity index (χ4n) is 4.00. The number of rotatable bonds is 7. The molecule has 1 aliphatic rings. The van der Waals surface area contributed by atoms with Gasteiger partial charge in [0.2, 0.25) is 0 Å². The fourth-order valence-corrected chi connectivity index (χ4v) is 4.00. The van der Waals surface area contributed by atoms with Crippen molar-refractivity contribution in [3.63, 3.8) is 0 Å². The average molecular weight is 417 g/mol. The first-order valence-electron chi connectivity index (χ1n) is 11.2. The highest BCUT2D eigenvalue weighted by Crippen LogP contribution is 2.15. The zero-order valence-electron chi connectivity index (χ0n) is 18.3. The van der Waals surface area contributed by atoms with E-state index >= 15 is 0 Å². The maximum atomic E-state index is 4.92. The molecular weight excluding hydrogens is 384 g/mol. The standard InChI is InChI=1S/C25H32N6/c1-2-26-25(30-19-17-29(18-20-30)23-11-7-4-8-12-23)28-14-13-24-27-15-16-31(24)21-22-9-5-3-6-10-22/h3-12,15-16H,2,13-14,17-21H2,1H3,(H,26,28). The Balaban J connectivity index is 1.33. The van der Waals surface area contributed by atoms with E-state index in [1.165, 1.54) is 11.3 Å². The van der Waals surface area contributed by atoms with Crippen LogP contribution in [0.1, 0.15) is 18.3 Å². The summed E-state index contributed by atoms with van der Waals surface area (Å²) < 4.78 is 2.22. The second-order valence-corrected chi connectivity index (χ2v) is 7.75. The first-order valence-corrected chi connectivity index (χ1v) is 11.2. The van der Waals surface area contributed by atoms with E-state index in [-0.39, 0.29) is 0 Å². The van der Waals surface area contributed by atoms with Gasteiger partial charge in [-0.3, -0.25) is 4.99 Å². The summed E-state index contributed by atoms with van der Waals surface area (Å²) in [6.45, 7) is 8.55. The number of hydrogen-bond acceptors (Lipinski definition) is 3. The molecule has 0 saturated carbocycles. The number of guanidine groups is 1. The quantitative estimate of drug-likeness (QED) is 0.474. The van der Waals surface area contributed by atoms with Gasteiger partial charge in [-0.05, 0) is 24.6 Å². The van der Waals surface area contributed by atoms with Crippen molar-refractivity contribution < 1.29 is 0 Å². The molecule has 162 valence electrons. The lowest BCUT2D eigenvalue weighted by Crippen LogP contribution is -2.52. The SMILES string of the molecule is CCNC(=NCCc1nccn1Cc1ccccc1)N1CCN(c2ccccc2)CC1. The third kappa shape index (κ3) is 5.66. The highest BCUT2D eigenvalue weighted by molar-refractivity contribution is 5.80. The number of nitrogens with one attached hydrogen (secondary N) is 1. The number of nitrogens with zero attached hydrogens (tertiary/aromatic N) is 5. The lowest BCUT2D eigenvalue weighted by atomic mass is 10.2. The Kier molecular flexibility index (Phi) is 7.21. The van der Waals surface area contributed by atoms with Crippen LogP contribution >= 0.6 is 0 Å². The molecule has 1 aliphatic heterocycles. The number of aliphatic imine (C=N–C) groups is 1. The third-order valence-corrected chi connectivity index (χ3v) is 5.63. The van der Waals surface area contributed by atoms with Crippen molar-refractivity contribution in [1.29, 1.82) is 0 Å². The van der Waals surface area contributed by atoms with E-state index in [0.717, 1.165) is 64.0 Å². The predicted molar refractivity (Wildman–Crippen MR) is 128 cm³/mol. The van der Waals surface area contributed by atoms with Crippen molar-refractivity contribution in [3.05, 3.63) is 84.4 Å². The van der Waals surface area contributed by atoms with Gasteiger partial charge in [0.15, 0.2) is 5.96 Å². The lowest BCUT2D eigenvalue weighted by Gasteiger charge is -2.37. The molecule has 1 aromatic heterocycles. The van der Waals surface area contributed by atoms with Crippen LogP contribution in [0.5, 0.6) is 0 Å². The van der Waals surface area contributed by atoms with Crippen LogP contribution in [-0.2, 0) is 13.0 Å². The Morgan fingerprint density at radius 2 is 1.68 bits per heavy atom. The van der Waals surface area contributed by atoms with Gasteiger partial charge in [0, 0.05) is 70.3 Å². The monoisotopic (exact) mass is 416 g/mol. The molecule has 31 heavy (non-hydrogen) atoms. The van der Waals surface area contributed by atoms with Crippen molar-refractivity contribution in [2.24, 2.45) is 4.99 Å². The van der Waals surface area contributed by atoms with Crippen LogP contribution in [0.4, 0.5) is 5.69 Å². The summed E-state index contributed by atoms with van der Waals surface area (Å²) in [7, 11) is 0. The Hall–Kier alpha value is -3.28. The lowest BCUT2D eigenvalue weighted by molar-refractivity contribution is 0.372. The largest absolute Gasteiger partial charge is 0.368 e. The minimum Gasteiger partial charge on any atom is -0.368 e. The van der Waals surface area contributed by atoms with E-state index < -0.39 is 0 Å². The zero-order valence-corrected chi connectivity index (χ0v) is 18.3. The number of hydrogen-bond donors (Lipinski definition) is 1. The van der Waals surface area contributed by atoms with Crippen molar-refractivity contribution in [2.75, 3.05) is 44.2 Å². The van der Waals surface area contributed by atoms with E-state index in [4.69, 9.17) is 4.99 Å². The summed E-state index contributed by atoms with van der Waals surface area (Å²) in [5, 5.41) is 3.47. The van der Waals surface area contributed by atoms with E-state index in [1.807, 2.05) is 6.20 Å². The van der Waals surface area contributed by atoms with Crippen LogP contribution in [-0.4, -0.2) is 59.7 Å². The fraction of sp³-hybridized carbons (Fsp3) is 0.360. The summed E-state index contributed by atoms with van der Waals surface area (Å²) in [6, 6.07) is 21.2. The number of benzene rings is 2. The summed E-state index contributed by atoms with van der Waals surface area (Å²) in [5.74, 6) is 2.09. The predicted octanol–water partition coefficient (Wildman–Crippen LogP) is 3.26. The molecule has 1 N–H and O–H groups in total. The molecule has 0 aliphatic carbocycles. The van der Waals surface area contributed by atoms with E-state index in [0.29, 0.717) is 0 Å². The highest BCUT2D eigenvalue weighted by atomic mass is 15.3. The molecule has 0 bridgehead atoms. The number of para-hydroxylation sites is 1. The zero-order chi connectivity index (χ0) is 21.3. The van der Waals surface area contributed by atoms with Crippen LogP contribution < -0.4 is 10.2 Å². The molecule has 1 fully saturated rings. The van der Waals surface area contributed by atoms with Gasteiger partial charge in [0.25, 0.3) is 0 Å². The van der Waals surface area contributed by atoms with Crippen molar-refractivity contribution in [2.45, 2.75) is 19.9 Å². The van der Waals surface area contributed by atoms with Crippen LogP contribution in [0.3, 0.4) is 0 Å². The van der Waals surface area contributed by atoms with Crippen molar-refractivity contribution in [3.8, 4) is 0 Å². The van der Waals surface area contributed by atoms with E-state index in [9.17, 15) is 0 Å². The van der Waals surface area contributed by atoms with Gasteiger partial charge in [-0.15, -0.1) is 0 Å². The number of imidazole rings is 1. The highest BCUT2D eigenvalue weighted by Gasteiger charge is 2.19.